The number of aliphatic hydroxyl groups excluding tert-OH is 1. The van der Waals surface area contributed by atoms with Gasteiger partial charge >= 0.3 is 0 Å². The van der Waals surface area contributed by atoms with Crippen LogP contribution in [0.3, 0.4) is 0 Å². The zero-order chi connectivity index (χ0) is 17.0. The molecule has 0 amide bonds. The summed E-state index contributed by atoms with van der Waals surface area (Å²) in [7, 11) is 0. The van der Waals surface area contributed by atoms with Gasteiger partial charge in [-0.15, -0.1) is 10.2 Å². The minimum Gasteiger partial charge on any atom is -0.507 e. The third-order valence-corrected chi connectivity index (χ3v) is 5.74. The van der Waals surface area contributed by atoms with E-state index < -0.39 is 6.10 Å². The zero-order valence-corrected chi connectivity index (χ0v) is 14.0. The number of rotatable bonds is 2. The summed E-state index contributed by atoms with van der Waals surface area (Å²) in [6, 6.07) is 6.10. The number of phenolic OH excluding ortho intramolecular Hbond substituents is 1. The molecule has 3 heterocycles. The van der Waals surface area contributed by atoms with Crippen molar-refractivity contribution in [1.29, 1.82) is 0 Å². The van der Waals surface area contributed by atoms with E-state index >= 15 is 0 Å². The van der Waals surface area contributed by atoms with E-state index in [1.807, 2.05) is 12.1 Å². The normalized spacial score (nSPS) is 24.6. The molecule has 0 radical (unpaired) electrons. The number of ether oxygens (including phenoxy) is 1. The SMILES string of the molecule is Oc1c(-c2cc3c(nn2)N([C@@H]2CCOC[C@H]2O)CC3)ccc2c1CC2. The third kappa shape index (κ3) is 2.32. The summed E-state index contributed by atoms with van der Waals surface area (Å²) in [4.78, 5) is 2.16. The van der Waals surface area contributed by atoms with Crippen molar-refractivity contribution in [3.8, 4) is 17.0 Å². The molecule has 6 nitrogen and oxygen atoms in total. The number of hydrogen-bond acceptors (Lipinski definition) is 6. The molecule has 130 valence electrons. The van der Waals surface area contributed by atoms with Crippen LogP contribution in [0.2, 0.25) is 0 Å². The summed E-state index contributed by atoms with van der Waals surface area (Å²) in [5.41, 5.74) is 4.89. The molecule has 0 unspecified atom stereocenters. The maximum Gasteiger partial charge on any atom is 0.154 e. The number of aromatic hydroxyl groups is 1. The van der Waals surface area contributed by atoms with E-state index in [1.165, 1.54) is 5.56 Å². The van der Waals surface area contributed by atoms with Crippen molar-refractivity contribution in [2.45, 2.75) is 37.8 Å². The first-order valence-electron chi connectivity index (χ1n) is 8.95. The number of phenols is 1. The fraction of sp³-hybridized carbons (Fsp3) is 0.474. The summed E-state index contributed by atoms with van der Waals surface area (Å²) in [6.07, 6.45) is 3.17. The number of aryl methyl sites for hydroxylation is 1. The van der Waals surface area contributed by atoms with E-state index in [-0.39, 0.29) is 6.04 Å². The zero-order valence-electron chi connectivity index (χ0n) is 14.0. The number of aliphatic hydroxyl groups is 1. The van der Waals surface area contributed by atoms with Crippen molar-refractivity contribution in [3.63, 3.8) is 0 Å². The lowest BCUT2D eigenvalue weighted by Gasteiger charge is -2.35. The monoisotopic (exact) mass is 339 g/mol. The smallest absolute Gasteiger partial charge is 0.154 e. The summed E-state index contributed by atoms with van der Waals surface area (Å²) in [5.74, 6) is 1.21. The second-order valence-corrected chi connectivity index (χ2v) is 7.12. The Labute approximate surface area is 146 Å². The number of aromatic nitrogens is 2. The molecule has 2 aromatic rings. The van der Waals surface area contributed by atoms with Gasteiger partial charge in [-0.2, -0.15) is 0 Å². The highest BCUT2D eigenvalue weighted by molar-refractivity contribution is 5.72. The highest BCUT2D eigenvalue weighted by Crippen LogP contribution is 2.40. The van der Waals surface area contributed by atoms with E-state index in [2.05, 4.69) is 21.2 Å². The molecule has 6 heteroatoms. The molecule has 1 saturated heterocycles. The van der Waals surface area contributed by atoms with Crippen molar-refractivity contribution >= 4 is 5.82 Å². The van der Waals surface area contributed by atoms with Crippen molar-refractivity contribution in [2.24, 2.45) is 0 Å². The second-order valence-electron chi connectivity index (χ2n) is 7.12. The Bertz CT molecular complexity index is 839. The average Bonchev–Trinajstić information content (AvgIpc) is 3.00. The maximum atomic E-state index is 10.5. The number of fused-ring (bicyclic) bond motifs is 2. The predicted octanol–water partition coefficient (Wildman–Crippen LogP) is 1.46. The Hall–Kier alpha value is -2.18. The maximum absolute atomic E-state index is 10.5. The highest BCUT2D eigenvalue weighted by Gasteiger charge is 2.34. The molecule has 1 fully saturated rings. The minimum absolute atomic E-state index is 0.0417. The first-order chi connectivity index (χ1) is 12.2. The Kier molecular flexibility index (Phi) is 3.43. The number of nitrogens with zero attached hydrogens (tertiary/aromatic N) is 3. The van der Waals surface area contributed by atoms with E-state index in [4.69, 9.17) is 4.74 Å². The van der Waals surface area contributed by atoms with Crippen LogP contribution in [0, 0.1) is 0 Å². The van der Waals surface area contributed by atoms with Gasteiger partial charge in [-0.3, -0.25) is 0 Å². The molecular weight excluding hydrogens is 318 g/mol. The largest absolute Gasteiger partial charge is 0.507 e. The Morgan fingerprint density at radius 2 is 2.04 bits per heavy atom. The van der Waals surface area contributed by atoms with Gasteiger partial charge in [0, 0.05) is 24.3 Å². The third-order valence-electron chi connectivity index (χ3n) is 5.74. The molecule has 0 saturated carbocycles. The molecule has 2 atom stereocenters. The summed E-state index contributed by atoms with van der Waals surface area (Å²) in [6.45, 7) is 1.89. The first kappa shape index (κ1) is 15.1. The average molecular weight is 339 g/mol. The molecule has 2 N–H and O–H groups in total. The molecule has 3 aliphatic rings. The lowest BCUT2D eigenvalue weighted by atomic mass is 9.85. The number of benzene rings is 1. The first-order valence-corrected chi connectivity index (χ1v) is 8.95. The van der Waals surface area contributed by atoms with Crippen molar-refractivity contribution in [3.05, 3.63) is 34.9 Å². The lowest BCUT2D eigenvalue weighted by Crippen LogP contribution is -2.48. The van der Waals surface area contributed by atoms with Crippen LogP contribution in [0.25, 0.3) is 11.3 Å². The van der Waals surface area contributed by atoms with Gasteiger partial charge < -0.3 is 19.8 Å². The molecule has 1 aliphatic carbocycles. The van der Waals surface area contributed by atoms with Crippen molar-refractivity contribution < 1.29 is 14.9 Å². The van der Waals surface area contributed by atoms with Gasteiger partial charge in [0.2, 0.25) is 0 Å². The van der Waals surface area contributed by atoms with E-state index in [1.54, 1.807) is 0 Å². The topological polar surface area (TPSA) is 78.7 Å². The lowest BCUT2D eigenvalue weighted by molar-refractivity contribution is -0.0200. The van der Waals surface area contributed by atoms with Gasteiger partial charge in [-0.25, -0.2) is 0 Å². The highest BCUT2D eigenvalue weighted by atomic mass is 16.5. The van der Waals surface area contributed by atoms with Gasteiger partial charge in [0.25, 0.3) is 0 Å². The van der Waals surface area contributed by atoms with E-state index in [9.17, 15) is 10.2 Å². The van der Waals surface area contributed by atoms with Gasteiger partial charge in [0.1, 0.15) is 5.75 Å². The van der Waals surface area contributed by atoms with Crippen molar-refractivity contribution in [1.82, 2.24) is 10.2 Å². The van der Waals surface area contributed by atoms with Crippen LogP contribution in [0.15, 0.2) is 18.2 Å². The Morgan fingerprint density at radius 1 is 1.12 bits per heavy atom. The second kappa shape index (κ2) is 5.68. The van der Waals surface area contributed by atoms with Gasteiger partial charge in [-0.1, -0.05) is 6.07 Å². The van der Waals surface area contributed by atoms with Gasteiger partial charge in [0.15, 0.2) is 5.82 Å². The van der Waals surface area contributed by atoms with Gasteiger partial charge in [-0.05, 0) is 48.9 Å². The molecule has 0 spiro atoms. The molecular formula is C19H21N3O3. The Morgan fingerprint density at radius 3 is 2.84 bits per heavy atom. The van der Waals surface area contributed by atoms with Crippen LogP contribution in [0.4, 0.5) is 5.82 Å². The Balaban J connectivity index is 1.48. The van der Waals surface area contributed by atoms with Gasteiger partial charge in [0.05, 0.1) is 24.4 Å². The van der Waals surface area contributed by atoms with Crippen LogP contribution in [0.5, 0.6) is 5.75 Å². The van der Waals surface area contributed by atoms with Crippen LogP contribution in [-0.2, 0) is 24.0 Å². The van der Waals surface area contributed by atoms with E-state index in [0.717, 1.165) is 60.4 Å². The fourth-order valence-electron chi connectivity index (χ4n) is 4.21. The van der Waals surface area contributed by atoms with Crippen LogP contribution < -0.4 is 4.90 Å². The standard InChI is InChI=1S/C19H21N3O3/c23-17-10-25-8-6-16(17)22-7-5-12-9-15(20-21-19(12)22)14-4-2-11-1-3-13(11)18(14)24/h2,4,9,16-17,23-24H,1,3,5-8,10H2/t16-,17-/m1/s1. The van der Waals surface area contributed by atoms with Crippen LogP contribution in [0.1, 0.15) is 23.1 Å². The number of hydrogen-bond donors (Lipinski definition) is 2. The summed E-state index contributed by atoms with van der Waals surface area (Å²) >= 11 is 0. The molecule has 1 aromatic heterocycles. The molecule has 1 aromatic carbocycles. The number of anilines is 1. The van der Waals surface area contributed by atoms with Crippen molar-refractivity contribution in [2.75, 3.05) is 24.7 Å². The summed E-state index contributed by atoms with van der Waals surface area (Å²) < 4.78 is 5.34. The minimum atomic E-state index is -0.488. The summed E-state index contributed by atoms with van der Waals surface area (Å²) in [5, 5.41) is 29.6. The van der Waals surface area contributed by atoms with Crippen LogP contribution in [-0.4, -0.2) is 52.3 Å². The van der Waals surface area contributed by atoms with E-state index in [0.29, 0.717) is 19.0 Å². The quantitative estimate of drug-likeness (QED) is 0.862. The fourth-order valence-corrected chi connectivity index (χ4v) is 4.21. The predicted molar refractivity (Wildman–Crippen MR) is 92.8 cm³/mol. The molecule has 0 bridgehead atoms. The van der Waals surface area contributed by atoms with Crippen LogP contribution >= 0.6 is 0 Å². The molecule has 2 aliphatic heterocycles. The molecule has 5 rings (SSSR count). The molecule has 25 heavy (non-hydrogen) atoms.